The van der Waals surface area contributed by atoms with Crippen molar-refractivity contribution in [1.82, 2.24) is 0 Å². The molecule has 2 heteroatoms. The molecule has 0 aliphatic heterocycles. The van der Waals surface area contributed by atoms with Gasteiger partial charge in [-0.3, -0.25) is 0 Å². The lowest BCUT2D eigenvalue weighted by molar-refractivity contribution is 0.122. The first-order valence-electron chi connectivity index (χ1n) is 8.60. The van der Waals surface area contributed by atoms with Gasteiger partial charge in [0.15, 0.2) is 0 Å². The number of aliphatic hydroxyl groups is 2. The summed E-state index contributed by atoms with van der Waals surface area (Å²) >= 11 is 0. The van der Waals surface area contributed by atoms with Crippen LogP contribution in [0.1, 0.15) is 96.8 Å². The van der Waals surface area contributed by atoms with Crippen molar-refractivity contribution in [3.63, 3.8) is 0 Å². The van der Waals surface area contributed by atoms with Gasteiger partial charge in [-0.15, -0.1) is 0 Å². The van der Waals surface area contributed by atoms with E-state index in [1.54, 1.807) is 0 Å². The van der Waals surface area contributed by atoms with Crippen molar-refractivity contribution >= 4 is 0 Å². The molecule has 2 N–H and O–H groups in total. The highest BCUT2D eigenvalue weighted by Gasteiger charge is 2.02. The molecule has 0 aliphatic carbocycles. The number of rotatable bonds is 15. The zero-order valence-corrected chi connectivity index (χ0v) is 13.1. The molecule has 0 bridgehead atoms. The van der Waals surface area contributed by atoms with E-state index < -0.39 is 0 Å². The third kappa shape index (κ3) is 15.9. The molecule has 0 rings (SSSR count). The second-order valence-corrected chi connectivity index (χ2v) is 5.84. The van der Waals surface area contributed by atoms with Crippen LogP contribution in [0.25, 0.3) is 0 Å². The van der Waals surface area contributed by atoms with Gasteiger partial charge in [-0.2, -0.15) is 0 Å². The van der Waals surface area contributed by atoms with Crippen LogP contribution in [-0.2, 0) is 0 Å². The standard InChI is InChI=1S/C17H36O2/c1-2-3-4-5-6-7-8-9-10-11-12-13-14-17(19)15-16-18/h17-19H,2-16H2,1H3/t17-/m1/s1. The first-order valence-corrected chi connectivity index (χ1v) is 8.60. The Bertz CT molecular complexity index is 159. The van der Waals surface area contributed by atoms with Crippen LogP contribution < -0.4 is 0 Å². The first kappa shape index (κ1) is 18.9. The minimum Gasteiger partial charge on any atom is -0.396 e. The zero-order chi connectivity index (χ0) is 14.2. The first-order chi connectivity index (χ1) is 9.31. The van der Waals surface area contributed by atoms with Crippen LogP contribution in [0, 0.1) is 0 Å². The molecule has 0 aromatic rings. The molecule has 0 aromatic carbocycles. The molecular formula is C17H36O2. The number of hydrogen-bond acceptors (Lipinski definition) is 2. The van der Waals surface area contributed by atoms with E-state index in [0.717, 1.165) is 12.8 Å². The normalized spacial score (nSPS) is 12.8. The van der Waals surface area contributed by atoms with Crippen LogP contribution in [-0.4, -0.2) is 22.9 Å². The highest BCUT2D eigenvalue weighted by molar-refractivity contribution is 4.55. The average Bonchev–Trinajstić information content (AvgIpc) is 2.40. The molecule has 0 heterocycles. The molecule has 0 saturated heterocycles. The second-order valence-electron chi connectivity index (χ2n) is 5.84. The third-order valence-electron chi connectivity index (χ3n) is 3.85. The highest BCUT2D eigenvalue weighted by atomic mass is 16.3. The van der Waals surface area contributed by atoms with E-state index in [2.05, 4.69) is 6.92 Å². The third-order valence-corrected chi connectivity index (χ3v) is 3.85. The van der Waals surface area contributed by atoms with Crippen LogP contribution in [0.4, 0.5) is 0 Å². The van der Waals surface area contributed by atoms with Gasteiger partial charge in [-0.25, -0.2) is 0 Å². The van der Waals surface area contributed by atoms with Gasteiger partial charge in [0.2, 0.25) is 0 Å². The van der Waals surface area contributed by atoms with Crippen LogP contribution in [0.3, 0.4) is 0 Å². The van der Waals surface area contributed by atoms with E-state index in [9.17, 15) is 5.11 Å². The van der Waals surface area contributed by atoms with E-state index >= 15 is 0 Å². The van der Waals surface area contributed by atoms with Crippen molar-refractivity contribution in [2.75, 3.05) is 6.61 Å². The summed E-state index contributed by atoms with van der Waals surface area (Å²) in [6, 6.07) is 0. The molecule has 0 fully saturated rings. The molecule has 19 heavy (non-hydrogen) atoms. The second kappa shape index (κ2) is 16.0. The summed E-state index contributed by atoms with van der Waals surface area (Å²) in [5.41, 5.74) is 0. The fourth-order valence-electron chi connectivity index (χ4n) is 2.51. The Morgan fingerprint density at radius 1 is 0.632 bits per heavy atom. The Hall–Kier alpha value is -0.0800. The molecule has 1 atom stereocenters. The average molecular weight is 272 g/mol. The molecule has 0 unspecified atom stereocenters. The quantitative estimate of drug-likeness (QED) is 0.420. The molecule has 0 radical (unpaired) electrons. The van der Waals surface area contributed by atoms with E-state index in [1.807, 2.05) is 0 Å². The Morgan fingerprint density at radius 2 is 1.05 bits per heavy atom. The summed E-state index contributed by atoms with van der Waals surface area (Å²) in [6.45, 7) is 2.38. The fourth-order valence-corrected chi connectivity index (χ4v) is 2.51. The van der Waals surface area contributed by atoms with Crippen LogP contribution >= 0.6 is 0 Å². The number of hydrogen-bond donors (Lipinski definition) is 2. The molecule has 0 aliphatic rings. The molecule has 2 nitrogen and oxygen atoms in total. The Kier molecular flexibility index (Phi) is 15.9. The minimum absolute atomic E-state index is 0.111. The van der Waals surface area contributed by atoms with E-state index in [-0.39, 0.29) is 12.7 Å². The van der Waals surface area contributed by atoms with Gasteiger partial charge in [0.05, 0.1) is 6.10 Å². The summed E-state index contributed by atoms with van der Waals surface area (Å²) in [5.74, 6) is 0. The maximum absolute atomic E-state index is 9.45. The zero-order valence-electron chi connectivity index (χ0n) is 13.1. The van der Waals surface area contributed by atoms with Gasteiger partial charge in [0.25, 0.3) is 0 Å². The number of unbranched alkanes of at least 4 members (excludes halogenated alkanes) is 11. The van der Waals surface area contributed by atoms with E-state index in [1.165, 1.54) is 70.6 Å². The number of aliphatic hydroxyl groups excluding tert-OH is 2. The lowest BCUT2D eigenvalue weighted by atomic mass is 10.0. The van der Waals surface area contributed by atoms with Crippen LogP contribution in [0.5, 0.6) is 0 Å². The molecule has 0 aromatic heterocycles. The topological polar surface area (TPSA) is 40.5 Å². The predicted molar refractivity (Wildman–Crippen MR) is 83.4 cm³/mol. The van der Waals surface area contributed by atoms with Crippen molar-refractivity contribution in [2.45, 2.75) is 103 Å². The van der Waals surface area contributed by atoms with Crippen molar-refractivity contribution < 1.29 is 10.2 Å². The van der Waals surface area contributed by atoms with Crippen molar-refractivity contribution in [2.24, 2.45) is 0 Å². The molecule has 0 spiro atoms. The summed E-state index contributed by atoms with van der Waals surface area (Å²) in [6.07, 6.45) is 17.3. The summed E-state index contributed by atoms with van der Waals surface area (Å²) < 4.78 is 0. The van der Waals surface area contributed by atoms with Gasteiger partial charge >= 0.3 is 0 Å². The van der Waals surface area contributed by atoms with Crippen LogP contribution in [0.2, 0.25) is 0 Å². The monoisotopic (exact) mass is 272 g/mol. The molecule has 0 amide bonds. The van der Waals surface area contributed by atoms with Gasteiger partial charge in [-0.1, -0.05) is 84.0 Å². The summed E-state index contributed by atoms with van der Waals surface area (Å²) in [7, 11) is 0. The van der Waals surface area contributed by atoms with Gasteiger partial charge in [-0.05, 0) is 12.8 Å². The summed E-state index contributed by atoms with van der Waals surface area (Å²) in [5, 5.41) is 18.1. The predicted octanol–water partition coefficient (Wildman–Crippen LogP) is 4.82. The Labute approximate surface area is 120 Å². The lowest BCUT2D eigenvalue weighted by Gasteiger charge is -2.08. The van der Waals surface area contributed by atoms with E-state index in [4.69, 9.17) is 5.11 Å². The highest BCUT2D eigenvalue weighted by Crippen LogP contribution is 2.13. The maximum Gasteiger partial charge on any atom is 0.0562 e. The molecule has 116 valence electrons. The smallest absolute Gasteiger partial charge is 0.0562 e. The minimum atomic E-state index is -0.284. The SMILES string of the molecule is CCCCCCCCCCCCCC[C@@H](O)CCO. The largest absolute Gasteiger partial charge is 0.396 e. The van der Waals surface area contributed by atoms with Crippen molar-refractivity contribution in [3.05, 3.63) is 0 Å². The Morgan fingerprint density at radius 3 is 1.47 bits per heavy atom. The van der Waals surface area contributed by atoms with Gasteiger partial charge in [0, 0.05) is 6.61 Å². The molecule has 0 saturated carbocycles. The molecular weight excluding hydrogens is 236 g/mol. The summed E-state index contributed by atoms with van der Waals surface area (Å²) in [4.78, 5) is 0. The van der Waals surface area contributed by atoms with Gasteiger partial charge < -0.3 is 10.2 Å². The van der Waals surface area contributed by atoms with Crippen LogP contribution in [0.15, 0.2) is 0 Å². The van der Waals surface area contributed by atoms with Crippen molar-refractivity contribution in [1.29, 1.82) is 0 Å². The lowest BCUT2D eigenvalue weighted by Crippen LogP contribution is -2.08. The fraction of sp³-hybridized carbons (Fsp3) is 1.00. The Balaban J connectivity index is 2.99. The van der Waals surface area contributed by atoms with Crippen molar-refractivity contribution in [3.8, 4) is 0 Å². The maximum atomic E-state index is 9.45. The van der Waals surface area contributed by atoms with Gasteiger partial charge in [0.1, 0.15) is 0 Å². The van der Waals surface area contributed by atoms with E-state index in [0.29, 0.717) is 6.42 Å².